The normalized spacial score (nSPS) is 21.8. The summed E-state index contributed by atoms with van der Waals surface area (Å²) in [5, 5.41) is 0. The highest BCUT2D eigenvalue weighted by molar-refractivity contribution is 5.80. The standard InChI is InChI=1S/C21H28N4O/c1-16(2)23-12-8-17(9-13-23)21(26)25-15-14-24-11-5-7-19(24)20(25)18-6-3-4-10-22-18/h3-7,10-11,16-17,20H,8-9,12-15H2,1-2H3/t20-/m0/s1. The van der Waals surface area contributed by atoms with Gasteiger partial charge in [0.25, 0.3) is 0 Å². The van der Waals surface area contributed by atoms with Crippen LogP contribution in [0.4, 0.5) is 0 Å². The molecule has 138 valence electrons. The van der Waals surface area contributed by atoms with Crippen molar-refractivity contribution in [3.63, 3.8) is 0 Å². The zero-order valence-electron chi connectivity index (χ0n) is 15.7. The van der Waals surface area contributed by atoms with Crippen LogP contribution in [-0.4, -0.2) is 50.9 Å². The smallest absolute Gasteiger partial charge is 0.226 e. The van der Waals surface area contributed by atoms with Crippen LogP contribution in [0.25, 0.3) is 0 Å². The van der Waals surface area contributed by atoms with Gasteiger partial charge in [-0.2, -0.15) is 0 Å². The van der Waals surface area contributed by atoms with Gasteiger partial charge in [-0.25, -0.2) is 0 Å². The van der Waals surface area contributed by atoms with Gasteiger partial charge in [-0.05, 0) is 64.0 Å². The van der Waals surface area contributed by atoms with Crippen molar-refractivity contribution in [2.24, 2.45) is 5.92 Å². The van der Waals surface area contributed by atoms with E-state index in [9.17, 15) is 4.79 Å². The number of hydrogen-bond acceptors (Lipinski definition) is 3. The average molecular weight is 352 g/mol. The molecule has 4 rings (SSSR count). The van der Waals surface area contributed by atoms with E-state index in [1.54, 1.807) is 0 Å². The van der Waals surface area contributed by atoms with Gasteiger partial charge in [0.2, 0.25) is 5.91 Å². The van der Waals surface area contributed by atoms with Gasteiger partial charge in [0.05, 0.1) is 5.69 Å². The van der Waals surface area contributed by atoms with Crippen molar-refractivity contribution < 1.29 is 4.79 Å². The predicted octanol–water partition coefficient (Wildman–Crippen LogP) is 2.94. The molecule has 1 amide bonds. The van der Waals surface area contributed by atoms with E-state index in [0.29, 0.717) is 11.9 Å². The summed E-state index contributed by atoms with van der Waals surface area (Å²) in [4.78, 5) is 22.5. The summed E-state index contributed by atoms with van der Waals surface area (Å²) in [6.07, 6.45) is 5.85. The minimum Gasteiger partial charge on any atom is -0.347 e. The maximum Gasteiger partial charge on any atom is 0.226 e. The van der Waals surface area contributed by atoms with Gasteiger partial charge in [0.15, 0.2) is 0 Å². The number of hydrogen-bond donors (Lipinski definition) is 0. The zero-order valence-corrected chi connectivity index (χ0v) is 15.7. The van der Waals surface area contributed by atoms with Crippen LogP contribution in [0.5, 0.6) is 0 Å². The molecule has 0 aliphatic carbocycles. The number of likely N-dealkylation sites (tertiary alicyclic amines) is 1. The monoisotopic (exact) mass is 352 g/mol. The maximum atomic E-state index is 13.4. The van der Waals surface area contributed by atoms with Gasteiger partial charge in [-0.15, -0.1) is 0 Å². The minimum absolute atomic E-state index is 0.0735. The summed E-state index contributed by atoms with van der Waals surface area (Å²) in [7, 11) is 0. The molecule has 2 aromatic rings. The fourth-order valence-corrected chi connectivity index (χ4v) is 4.37. The Morgan fingerprint density at radius 3 is 2.58 bits per heavy atom. The summed E-state index contributed by atoms with van der Waals surface area (Å²) < 4.78 is 2.25. The van der Waals surface area contributed by atoms with Crippen LogP contribution in [0.2, 0.25) is 0 Å². The number of pyridine rings is 1. The van der Waals surface area contributed by atoms with Crippen LogP contribution in [0.15, 0.2) is 42.7 Å². The molecule has 0 unspecified atom stereocenters. The second-order valence-electron chi connectivity index (χ2n) is 7.72. The van der Waals surface area contributed by atoms with Crippen LogP contribution in [0, 0.1) is 5.92 Å². The van der Waals surface area contributed by atoms with Gasteiger partial charge in [-0.3, -0.25) is 9.78 Å². The number of carbonyl (C=O) groups is 1. The zero-order chi connectivity index (χ0) is 18.1. The molecule has 2 aliphatic heterocycles. The van der Waals surface area contributed by atoms with E-state index in [1.807, 2.05) is 24.4 Å². The Labute approximate surface area is 155 Å². The molecule has 4 heterocycles. The van der Waals surface area contributed by atoms with Crippen molar-refractivity contribution in [1.82, 2.24) is 19.4 Å². The van der Waals surface area contributed by atoms with Crippen LogP contribution in [0.1, 0.15) is 44.1 Å². The van der Waals surface area contributed by atoms with E-state index in [0.717, 1.165) is 44.7 Å². The molecular formula is C21H28N4O. The lowest BCUT2D eigenvalue weighted by molar-refractivity contribution is -0.140. The van der Waals surface area contributed by atoms with Crippen LogP contribution in [0.3, 0.4) is 0 Å². The fraction of sp³-hybridized carbons (Fsp3) is 0.524. The number of rotatable bonds is 3. The molecule has 2 aliphatic rings. The van der Waals surface area contributed by atoms with Crippen molar-refractivity contribution in [2.75, 3.05) is 19.6 Å². The highest BCUT2D eigenvalue weighted by Gasteiger charge is 2.37. The summed E-state index contributed by atoms with van der Waals surface area (Å²) in [5.41, 5.74) is 2.13. The molecule has 1 saturated heterocycles. The van der Waals surface area contributed by atoms with Gasteiger partial charge < -0.3 is 14.4 Å². The first-order valence-corrected chi connectivity index (χ1v) is 9.75. The number of nitrogens with zero attached hydrogens (tertiary/aromatic N) is 4. The topological polar surface area (TPSA) is 41.4 Å². The minimum atomic E-state index is -0.0735. The lowest BCUT2D eigenvalue weighted by Gasteiger charge is -2.41. The maximum absolute atomic E-state index is 13.4. The molecule has 0 bridgehead atoms. The lowest BCUT2D eigenvalue weighted by Crippen LogP contribution is -2.48. The SMILES string of the molecule is CC(C)N1CCC(C(=O)N2CCn3cccc3[C@@H]2c2ccccn2)CC1. The molecule has 5 nitrogen and oxygen atoms in total. The Kier molecular flexibility index (Phi) is 4.81. The fourth-order valence-electron chi connectivity index (χ4n) is 4.37. The van der Waals surface area contributed by atoms with Crippen molar-refractivity contribution in [3.8, 4) is 0 Å². The second-order valence-corrected chi connectivity index (χ2v) is 7.72. The van der Waals surface area contributed by atoms with Crippen LogP contribution >= 0.6 is 0 Å². The third-order valence-corrected chi connectivity index (χ3v) is 5.90. The molecule has 26 heavy (non-hydrogen) atoms. The summed E-state index contributed by atoms with van der Waals surface area (Å²) >= 11 is 0. The number of aromatic nitrogens is 2. The Hall–Kier alpha value is -2.14. The number of piperidine rings is 1. The first kappa shape index (κ1) is 17.3. The summed E-state index contributed by atoms with van der Waals surface area (Å²) in [5.74, 6) is 0.439. The van der Waals surface area contributed by atoms with E-state index in [1.165, 1.54) is 5.69 Å². The quantitative estimate of drug-likeness (QED) is 0.853. The van der Waals surface area contributed by atoms with Crippen LogP contribution < -0.4 is 0 Å². The van der Waals surface area contributed by atoms with E-state index in [-0.39, 0.29) is 12.0 Å². The van der Waals surface area contributed by atoms with Gasteiger partial charge in [0, 0.05) is 43.1 Å². The van der Waals surface area contributed by atoms with Crippen molar-refractivity contribution in [2.45, 2.75) is 45.3 Å². The van der Waals surface area contributed by atoms with Gasteiger partial charge >= 0.3 is 0 Å². The van der Waals surface area contributed by atoms with Crippen molar-refractivity contribution in [1.29, 1.82) is 0 Å². The number of carbonyl (C=O) groups excluding carboxylic acids is 1. The molecule has 5 heteroatoms. The molecule has 0 radical (unpaired) electrons. The van der Waals surface area contributed by atoms with Gasteiger partial charge in [-0.1, -0.05) is 6.07 Å². The van der Waals surface area contributed by atoms with E-state index in [4.69, 9.17) is 0 Å². The molecule has 1 fully saturated rings. The van der Waals surface area contributed by atoms with Crippen molar-refractivity contribution in [3.05, 3.63) is 54.1 Å². The molecular weight excluding hydrogens is 324 g/mol. The molecule has 0 N–H and O–H groups in total. The highest BCUT2D eigenvalue weighted by atomic mass is 16.2. The third kappa shape index (κ3) is 3.16. The number of fused-ring (bicyclic) bond motifs is 1. The first-order valence-electron chi connectivity index (χ1n) is 9.75. The molecule has 0 spiro atoms. The Morgan fingerprint density at radius 2 is 1.88 bits per heavy atom. The Morgan fingerprint density at radius 1 is 1.08 bits per heavy atom. The van der Waals surface area contributed by atoms with E-state index >= 15 is 0 Å². The third-order valence-electron chi connectivity index (χ3n) is 5.90. The van der Waals surface area contributed by atoms with E-state index in [2.05, 4.69) is 51.5 Å². The van der Waals surface area contributed by atoms with Crippen LogP contribution in [-0.2, 0) is 11.3 Å². The molecule has 1 atom stereocenters. The lowest BCUT2D eigenvalue weighted by atomic mass is 9.92. The van der Waals surface area contributed by atoms with E-state index < -0.39 is 0 Å². The molecule has 2 aromatic heterocycles. The average Bonchev–Trinajstić information content (AvgIpc) is 3.16. The first-order chi connectivity index (χ1) is 12.6. The number of amides is 1. The summed E-state index contributed by atoms with van der Waals surface area (Å²) in [6.45, 7) is 8.13. The highest BCUT2D eigenvalue weighted by Crippen LogP contribution is 2.34. The largest absolute Gasteiger partial charge is 0.347 e. The second kappa shape index (κ2) is 7.23. The van der Waals surface area contributed by atoms with Crippen molar-refractivity contribution >= 4 is 5.91 Å². The Balaban J connectivity index is 1.58. The summed E-state index contributed by atoms with van der Waals surface area (Å²) in [6, 6.07) is 10.7. The molecule has 0 aromatic carbocycles. The predicted molar refractivity (Wildman–Crippen MR) is 102 cm³/mol. The Bertz CT molecular complexity index is 746. The van der Waals surface area contributed by atoms with Gasteiger partial charge in [0.1, 0.15) is 6.04 Å². The molecule has 0 saturated carbocycles.